The number of hydrogen-bond donors (Lipinski definition) is 3. The second-order valence-electron chi connectivity index (χ2n) is 3.08. The largest absolute Gasteiger partial charge is 0.480 e. The van der Waals surface area contributed by atoms with Crippen molar-refractivity contribution in [2.75, 3.05) is 20.8 Å². The second-order valence-corrected chi connectivity index (χ2v) is 3.08. The zero-order valence-corrected chi connectivity index (χ0v) is 7.87. The van der Waals surface area contributed by atoms with Crippen molar-refractivity contribution < 1.29 is 9.90 Å². The van der Waals surface area contributed by atoms with E-state index in [4.69, 9.17) is 5.11 Å². The van der Waals surface area contributed by atoms with Gasteiger partial charge >= 0.3 is 5.97 Å². The zero-order valence-electron chi connectivity index (χ0n) is 7.87. The summed E-state index contributed by atoms with van der Waals surface area (Å²) in [6.07, 6.45) is 2.36. The Bertz CT molecular complexity index is 227. The molecule has 0 amide bonds. The van der Waals surface area contributed by atoms with E-state index in [0.29, 0.717) is 6.42 Å². The van der Waals surface area contributed by atoms with Gasteiger partial charge in [-0.2, -0.15) is 0 Å². The first-order chi connectivity index (χ1) is 6.15. The highest BCUT2D eigenvalue weighted by atomic mass is 16.4. The minimum atomic E-state index is -0.816. The van der Waals surface area contributed by atoms with Crippen LogP contribution in [0.2, 0.25) is 0 Å². The smallest absolute Gasteiger partial charge is 0.321 e. The van der Waals surface area contributed by atoms with Gasteiger partial charge in [-0.05, 0) is 7.05 Å². The van der Waals surface area contributed by atoms with E-state index in [1.807, 2.05) is 18.1 Å². The molecule has 0 bridgehead atoms. The Morgan fingerprint density at radius 2 is 2.62 bits per heavy atom. The lowest BCUT2D eigenvalue weighted by molar-refractivity contribution is -0.139. The number of rotatable bonds is 4. The molecule has 0 saturated heterocycles. The van der Waals surface area contributed by atoms with Crippen LogP contribution in [0.1, 0.15) is 6.42 Å². The molecule has 1 heterocycles. The van der Waals surface area contributed by atoms with Crippen LogP contribution in [-0.4, -0.2) is 42.8 Å². The monoisotopic (exact) mass is 185 g/mol. The molecule has 0 aromatic rings. The molecule has 0 radical (unpaired) electrons. The van der Waals surface area contributed by atoms with Gasteiger partial charge in [-0.15, -0.1) is 0 Å². The van der Waals surface area contributed by atoms with E-state index in [-0.39, 0.29) is 0 Å². The molecule has 3 N–H and O–H groups in total. The number of carboxylic acid groups (broad SMARTS) is 1. The number of carbonyl (C=O) groups is 1. The van der Waals surface area contributed by atoms with Gasteiger partial charge in [0.25, 0.3) is 0 Å². The third-order valence-electron chi connectivity index (χ3n) is 2.15. The molecule has 1 aliphatic heterocycles. The van der Waals surface area contributed by atoms with Gasteiger partial charge in [0.1, 0.15) is 6.04 Å². The van der Waals surface area contributed by atoms with Crippen LogP contribution in [0.15, 0.2) is 11.9 Å². The molecule has 13 heavy (non-hydrogen) atoms. The summed E-state index contributed by atoms with van der Waals surface area (Å²) < 4.78 is 0. The van der Waals surface area contributed by atoms with Crippen molar-refractivity contribution in [3.05, 3.63) is 11.9 Å². The molecular weight excluding hydrogens is 170 g/mol. The van der Waals surface area contributed by atoms with Crippen molar-refractivity contribution in [1.29, 1.82) is 0 Å². The summed E-state index contributed by atoms with van der Waals surface area (Å²) in [6.45, 7) is 0.755. The van der Waals surface area contributed by atoms with Crippen LogP contribution in [0.5, 0.6) is 0 Å². The van der Waals surface area contributed by atoms with Crippen molar-refractivity contribution >= 4 is 5.97 Å². The van der Waals surface area contributed by atoms with Crippen molar-refractivity contribution in [2.45, 2.75) is 12.5 Å². The molecule has 1 aliphatic rings. The first-order valence-corrected chi connectivity index (χ1v) is 4.18. The molecule has 0 spiro atoms. The molecule has 0 aliphatic carbocycles. The fourth-order valence-corrected chi connectivity index (χ4v) is 1.25. The van der Waals surface area contributed by atoms with Crippen LogP contribution in [0.25, 0.3) is 0 Å². The van der Waals surface area contributed by atoms with Crippen LogP contribution in [-0.2, 0) is 4.79 Å². The fraction of sp³-hybridized carbons (Fsp3) is 0.625. The zero-order chi connectivity index (χ0) is 9.84. The molecule has 74 valence electrons. The summed E-state index contributed by atoms with van der Waals surface area (Å²) in [5.41, 5.74) is 1.02. The normalized spacial score (nSPS) is 18.0. The third kappa shape index (κ3) is 2.35. The van der Waals surface area contributed by atoms with E-state index in [0.717, 1.165) is 12.4 Å². The summed E-state index contributed by atoms with van der Waals surface area (Å²) >= 11 is 0. The molecule has 0 saturated carbocycles. The van der Waals surface area contributed by atoms with Gasteiger partial charge < -0.3 is 20.6 Å². The molecule has 1 atom stereocenters. The van der Waals surface area contributed by atoms with E-state index in [9.17, 15) is 4.79 Å². The van der Waals surface area contributed by atoms with E-state index in [1.54, 1.807) is 7.05 Å². The van der Waals surface area contributed by atoms with Gasteiger partial charge in [0.2, 0.25) is 0 Å². The molecule has 0 fully saturated rings. The van der Waals surface area contributed by atoms with Gasteiger partial charge in [-0.1, -0.05) is 0 Å². The van der Waals surface area contributed by atoms with Gasteiger partial charge in [0, 0.05) is 25.4 Å². The Morgan fingerprint density at radius 3 is 3.00 bits per heavy atom. The lowest BCUT2D eigenvalue weighted by atomic mass is 10.1. The summed E-state index contributed by atoms with van der Waals surface area (Å²) in [6, 6.07) is -0.506. The average molecular weight is 185 g/mol. The number of nitrogens with zero attached hydrogens (tertiary/aromatic N) is 1. The number of likely N-dealkylation sites (N-methyl/N-ethyl adjacent to an activating group) is 1. The second kappa shape index (κ2) is 4.13. The lowest BCUT2D eigenvalue weighted by Gasteiger charge is -2.18. The Balaban J connectivity index is 2.51. The number of aliphatic carboxylic acids is 1. The topological polar surface area (TPSA) is 64.6 Å². The summed E-state index contributed by atoms with van der Waals surface area (Å²) in [7, 11) is 3.59. The Morgan fingerprint density at radius 1 is 1.92 bits per heavy atom. The first kappa shape index (κ1) is 9.85. The minimum Gasteiger partial charge on any atom is -0.480 e. The number of hydrogen-bond acceptors (Lipinski definition) is 4. The maximum absolute atomic E-state index is 10.7. The molecule has 0 aromatic carbocycles. The van der Waals surface area contributed by atoms with Crippen molar-refractivity contribution in [2.24, 2.45) is 0 Å². The maximum Gasteiger partial charge on any atom is 0.321 e. The number of carboxylic acids is 1. The number of nitrogens with one attached hydrogen (secondary N) is 2. The first-order valence-electron chi connectivity index (χ1n) is 4.18. The van der Waals surface area contributed by atoms with Crippen molar-refractivity contribution in [3.8, 4) is 0 Å². The molecule has 1 unspecified atom stereocenters. The van der Waals surface area contributed by atoms with E-state index in [1.165, 1.54) is 0 Å². The fourth-order valence-electron chi connectivity index (χ4n) is 1.25. The van der Waals surface area contributed by atoms with Gasteiger partial charge in [0.15, 0.2) is 0 Å². The van der Waals surface area contributed by atoms with Crippen LogP contribution < -0.4 is 10.6 Å². The van der Waals surface area contributed by atoms with Gasteiger partial charge in [-0.25, -0.2) is 0 Å². The van der Waals surface area contributed by atoms with Crippen molar-refractivity contribution in [3.63, 3.8) is 0 Å². The molecule has 0 aromatic heterocycles. The SMILES string of the molecule is CNC(CC1=CNCN1C)C(=O)O. The van der Waals surface area contributed by atoms with E-state index >= 15 is 0 Å². The highest BCUT2D eigenvalue weighted by Crippen LogP contribution is 2.12. The van der Waals surface area contributed by atoms with E-state index < -0.39 is 12.0 Å². The molecule has 5 nitrogen and oxygen atoms in total. The Hall–Kier alpha value is -1.23. The molecule has 5 heteroatoms. The van der Waals surface area contributed by atoms with Gasteiger partial charge in [-0.3, -0.25) is 4.79 Å². The highest BCUT2D eigenvalue weighted by molar-refractivity contribution is 5.73. The molecular formula is C8H15N3O2. The van der Waals surface area contributed by atoms with Crippen LogP contribution in [0, 0.1) is 0 Å². The predicted molar refractivity (Wildman–Crippen MR) is 48.9 cm³/mol. The average Bonchev–Trinajstić information content (AvgIpc) is 2.46. The Labute approximate surface area is 77.4 Å². The third-order valence-corrected chi connectivity index (χ3v) is 2.15. The Kier molecular flexibility index (Phi) is 3.13. The molecule has 1 rings (SSSR count). The van der Waals surface area contributed by atoms with Crippen LogP contribution >= 0.6 is 0 Å². The lowest BCUT2D eigenvalue weighted by Crippen LogP contribution is -2.35. The van der Waals surface area contributed by atoms with E-state index in [2.05, 4.69) is 10.6 Å². The quantitative estimate of drug-likeness (QED) is 0.545. The predicted octanol–water partition coefficient (Wildman–Crippen LogP) is -0.617. The van der Waals surface area contributed by atoms with Crippen molar-refractivity contribution in [1.82, 2.24) is 15.5 Å². The summed E-state index contributed by atoms with van der Waals surface area (Å²) in [5.74, 6) is -0.816. The highest BCUT2D eigenvalue weighted by Gasteiger charge is 2.20. The standard InChI is InChI=1S/C8H15N3O2/c1-9-7(8(12)13)3-6-4-10-5-11(6)2/h4,7,9-10H,3,5H2,1-2H3,(H,12,13). The van der Waals surface area contributed by atoms with Crippen LogP contribution in [0.3, 0.4) is 0 Å². The van der Waals surface area contributed by atoms with Gasteiger partial charge in [0.05, 0.1) is 6.67 Å². The van der Waals surface area contributed by atoms with Crippen LogP contribution in [0.4, 0.5) is 0 Å². The summed E-state index contributed by atoms with van der Waals surface area (Å²) in [4.78, 5) is 12.7. The summed E-state index contributed by atoms with van der Waals surface area (Å²) in [5, 5.41) is 14.6. The maximum atomic E-state index is 10.7. The minimum absolute atomic E-state index is 0.506.